The van der Waals surface area contributed by atoms with Gasteiger partial charge < -0.3 is 5.32 Å². The van der Waals surface area contributed by atoms with E-state index in [0.29, 0.717) is 20.6 Å². The zero-order valence-corrected chi connectivity index (χ0v) is 12.9. The van der Waals surface area contributed by atoms with E-state index < -0.39 is 17.5 Å². The first kappa shape index (κ1) is 15.0. The Kier molecular flexibility index (Phi) is 4.45. The average Bonchev–Trinajstić information content (AvgIpc) is 2.38. The summed E-state index contributed by atoms with van der Waals surface area (Å²) in [5.41, 5.74) is 0.814. The van der Waals surface area contributed by atoms with E-state index in [9.17, 15) is 13.6 Å². The molecule has 0 aliphatic heterocycles. The van der Waals surface area contributed by atoms with Gasteiger partial charge in [-0.05, 0) is 58.7 Å². The highest BCUT2D eigenvalue weighted by atomic mass is 79.9. The van der Waals surface area contributed by atoms with Crippen LogP contribution in [0.1, 0.15) is 15.9 Å². The maximum Gasteiger partial charge on any atom is 0.258 e. The van der Waals surface area contributed by atoms with E-state index >= 15 is 0 Å². The number of anilines is 1. The van der Waals surface area contributed by atoms with Gasteiger partial charge in [-0.3, -0.25) is 4.79 Å². The monoisotopic (exact) mass is 357 g/mol. The summed E-state index contributed by atoms with van der Waals surface area (Å²) in [7, 11) is 0. The molecule has 0 aliphatic carbocycles. The van der Waals surface area contributed by atoms with Crippen molar-refractivity contribution in [2.45, 2.75) is 11.8 Å². The first-order valence-electron chi connectivity index (χ1n) is 5.64. The number of amides is 1. The molecule has 0 saturated heterocycles. The number of aryl methyl sites for hydroxylation is 1. The molecule has 0 radical (unpaired) electrons. The molecule has 104 valence electrons. The summed E-state index contributed by atoms with van der Waals surface area (Å²) in [5, 5.41) is 2.49. The highest BCUT2D eigenvalue weighted by Crippen LogP contribution is 2.25. The van der Waals surface area contributed by atoms with Crippen LogP contribution in [0.5, 0.6) is 0 Å². The standard InChI is InChI=1S/C14H10BrF2NOS/c1-7-4-10(15)12(17)6-13(7)18-14(19)9-5-8(20)2-3-11(9)16/h2-6,20H,1H3,(H,18,19). The Morgan fingerprint density at radius 1 is 1.20 bits per heavy atom. The van der Waals surface area contributed by atoms with Gasteiger partial charge in [-0.15, -0.1) is 12.6 Å². The number of rotatable bonds is 2. The molecule has 0 bridgehead atoms. The molecule has 1 N–H and O–H groups in total. The van der Waals surface area contributed by atoms with Gasteiger partial charge in [0.2, 0.25) is 0 Å². The largest absolute Gasteiger partial charge is 0.322 e. The molecule has 6 heteroatoms. The van der Waals surface area contributed by atoms with E-state index in [4.69, 9.17) is 0 Å². The van der Waals surface area contributed by atoms with Crippen molar-refractivity contribution < 1.29 is 13.6 Å². The second-order valence-electron chi connectivity index (χ2n) is 4.20. The van der Waals surface area contributed by atoms with Gasteiger partial charge in [0.15, 0.2) is 0 Å². The number of hydrogen-bond acceptors (Lipinski definition) is 2. The molecule has 2 aromatic carbocycles. The molecule has 0 atom stereocenters. The molecule has 2 nitrogen and oxygen atoms in total. The third-order valence-corrected chi connectivity index (χ3v) is 3.60. The summed E-state index contributed by atoms with van der Waals surface area (Å²) < 4.78 is 27.4. The summed E-state index contributed by atoms with van der Waals surface area (Å²) in [6.45, 7) is 1.71. The van der Waals surface area contributed by atoms with E-state index in [1.54, 1.807) is 6.92 Å². The predicted octanol–water partition coefficient (Wildman–Crippen LogP) is 4.58. The number of benzene rings is 2. The first-order chi connectivity index (χ1) is 9.38. The zero-order valence-electron chi connectivity index (χ0n) is 10.4. The molecule has 0 heterocycles. The molecule has 0 aromatic heterocycles. The smallest absolute Gasteiger partial charge is 0.258 e. The van der Waals surface area contributed by atoms with Crippen molar-refractivity contribution in [2.24, 2.45) is 0 Å². The fraction of sp³-hybridized carbons (Fsp3) is 0.0714. The molecule has 2 rings (SSSR count). The van der Waals surface area contributed by atoms with Crippen molar-refractivity contribution in [3.8, 4) is 0 Å². The molecule has 0 saturated carbocycles. The summed E-state index contributed by atoms with van der Waals surface area (Å²) in [4.78, 5) is 12.5. The Bertz CT molecular complexity index is 691. The Balaban J connectivity index is 2.32. The normalized spacial score (nSPS) is 10.4. The molecule has 2 aromatic rings. The average molecular weight is 358 g/mol. The van der Waals surface area contributed by atoms with Crippen LogP contribution in [0.15, 0.2) is 39.7 Å². The van der Waals surface area contributed by atoms with E-state index in [-0.39, 0.29) is 5.56 Å². The molecule has 0 spiro atoms. The lowest BCUT2D eigenvalue weighted by molar-refractivity contribution is 0.102. The number of thiol groups is 1. The minimum atomic E-state index is -0.657. The van der Waals surface area contributed by atoms with Gasteiger partial charge >= 0.3 is 0 Å². The summed E-state index contributed by atoms with van der Waals surface area (Å²) in [5.74, 6) is -1.81. The van der Waals surface area contributed by atoms with Crippen LogP contribution in [0.25, 0.3) is 0 Å². The second-order valence-corrected chi connectivity index (χ2v) is 5.57. The van der Waals surface area contributed by atoms with Crippen LogP contribution in [0.4, 0.5) is 14.5 Å². The fourth-order valence-electron chi connectivity index (χ4n) is 1.66. The van der Waals surface area contributed by atoms with Crippen LogP contribution in [0.2, 0.25) is 0 Å². The lowest BCUT2D eigenvalue weighted by Gasteiger charge is -2.10. The van der Waals surface area contributed by atoms with Gasteiger partial charge in [0, 0.05) is 10.6 Å². The zero-order chi connectivity index (χ0) is 14.9. The summed E-state index contributed by atoms with van der Waals surface area (Å²) in [6.07, 6.45) is 0. The third kappa shape index (κ3) is 3.19. The lowest BCUT2D eigenvalue weighted by atomic mass is 10.1. The van der Waals surface area contributed by atoms with Gasteiger partial charge in [0.1, 0.15) is 11.6 Å². The van der Waals surface area contributed by atoms with E-state index in [1.807, 2.05) is 0 Å². The quantitative estimate of drug-likeness (QED) is 0.757. The second kappa shape index (κ2) is 5.93. The summed E-state index contributed by atoms with van der Waals surface area (Å²) in [6, 6.07) is 6.64. The highest BCUT2D eigenvalue weighted by molar-refractivity contribution is 9.10. The fourth-order valence-corrected chi connectivity index (χ4v) is 2.32. The highest BCUT2D eigenvalue weighted by Gasteiger charge is 2.14. The Morgan fingerprint density at radius 3 is 2.60 bits per heavy atom. The number of nitrogens with one attached hydrogen (secondary N) is 1. The molecule has 0 unspecified atom stereocenters. The van der Waals surface area contributed by atoms with Crippen LogP contribution >= 0.6 is 28.6 Å². The minimum Gasteiger partial charge on any atom is -0.322 e. The molecule has 0 aliphatic rings. The van der Waals surface area contributed by atoms with E-state index in [0.717, 1.165) is 6.07 Å². The van der Waals surface area contributed by atoms with Gasteiger partial charge in [0.05, 0.1) is 10.0 Å². The van der Waals surface area contributed by atoms with Gasteiger partial charge in [-0.25, -0.2) is 8.78 Å². The molecule has 20 heavy (non-hydrogen) atoms. The van der Waals surface area contributed by atoms with Crippen LogP contribution in [0, 0.1) is 18.6 Å². The molecular weight excluding hydrogens is 348 g/mol. The van der Waals surface area contributed by atoms with Crippen LogP contribution in [-0.4, -0.2) is 5.91 Å². The molecular formula is C14H10BrF2NOS. The SMILES string of the molecule is Cc1cc(Br)c(F)cc1NC(=O)c1cc(S)ccc1F. The van der Waals surface area contributed by atoms with Gasteiger partial charge in [-0.2, -0.15) is 0 Å². The van der Waals surface area contributed by atoms with Gasteiger partial charge in [-0.1, -0.05) is 0 Å². The van der Waals surface area contributed by atoms with Crippen LogP contribution in [0.3, 0.4) is 0 Å². The number of carbonyl (C=O) groups is 1. The number of halogens is 3. The number of carbonyl (C=O) groups excluding carboxylic acids is 1. The topological polar surface area (TPSA) is 29.1 Å². The summed E-state index contributed by atoms with van der Waals surface area (Å²) >= 11 is 7.11. The van der Waals surface area contributed by atoms with Crippen molar-refractivity contribution in [2.75, 3.05) is 5.32 Å². The van der Waals surface area contributed by atoms with E-state index in [1.165, 1.54) is 24.3 Å². The Labute approximate surface area is 128 Å². The lowest BCUT2D eigenvalue weighted by Crippen LogP contribution is -2.14. The predicted molar refractivity (Wildman–Crippen MR) is 80.4 cm³/mol. The minimum absolute atomic E-state index is 0.139. The maximum atomic E-state index is 13.6. The molecule has 0 fully saturated rings. The van der Waals surface area contributed by atoms with Crippen LogP contribution in [-0.2, 0) is 0 Å². The van der Waals surface area contributed by atoms with Crippen molar-refractivity contribution in [1.82, 2.24) is 0 Å². The molecule has 1 amide bonds. The Morgan fingerprint density at radius 2 is 1.90 bits per heavy atom. The maximum absolute atomic E-state index is 13.6. The van der Waals surface area contributed by atoms with Crippen molar-refractivity contribution >= 4 is 40.2 Å². The Hall–Kier alpha value is -1.40. The van der Waals surface area contributed by atoms with Crippen molar-refractivity contribution in [3.05, 3.63) is 57.6 Å². The van der Waals surface area contributed by atoms with E-state index in [2.05, 4.69) is 33.9 Å². The van der Waals surface area contributed by atoms with Crippen molar-refractivity contribution in [3.63, 3.8) is 0 Å². The van der Waals surface area contributed by atoms with Crippen LogP contribution < -0.4 is 5.32 Å². The third-order valence-electron chi connectivity index (χ3n) is 2.71. The first-order valence-corrected chi connectivity index (χ1v) is 6.88. The van der Waals surface area contributed by atoms with Crippen molar-refractivity contribution in [1.29, 1.82) is 0 Å². The number of hydrogen-bond donors (Lipinski definition) is 2. The van der Waals surface area contributed by atoms with Gasteiger partial charge in [0.25, 0.3) is 5.91 Å².